The Morgan fingerprint density at radius 3 is 2.38 bits per heavy atom. The number of carboxylic acid groups (broad SMARTS) is 1. The summed E-state index contributed by atoms with van der Waals surface area (Å²) >= 11 is 0. The van der Waals surface area contributed by atoms with Crippen LogP contribution in [0.5, 0.6) is 0 Å². The average molecular weight is 475 g/mol. The van der Waals surface area contributed by atoms with Gasteiger partial charge in [0.25, 0.3) is 0 Å². The molecule has 5 aliphatic carbocycles. The summed E-state index contributed by atoms with van der Waals surface area (Å²) in [6, 6.07) is 0. The Morgan fingerprint density at radius 2 is 1.74 bits per heavy atom. The van der Waals surface area contributed by atoms with Crippen LogP contribution in [0.3, 0.4) is 0 Å². The van der Waals surface area contributed by atoms with Crippen LogP contribution in [-0.4, -0.2) is 44.7 Å². The third-order valence-electron chi connectivity index (χ3n) is 13.0. The summed E-state index contributed by atoms with van der Waals surface area (Å²) in [7, 11) is 0. The van der Waals surface area contributed by atoms with Crippen molar-refractivity contribution in [3.63, 3.8) is 0 Å². The molecule has 0 aliphatic heterocycles. The van der Waals surface area contributed by atoms with Crippen LogP contribution in [0, 0.1) is 51.2 Å². The zero-order valence-electron chi connectivity index (χ0n) is 21.8. The van der Waals surface area contributed by atoms with Gasteiger partial charge in [0.15, 0.2) is 0 Å². The fourth-order valence-electron chi connectivity index (χ4n) is 10.5. The molecule has 5 rings (SSSR count). The van der Waals surface area contributed by atoms with E-state index >= 15 is 0 Å². The second-order valence-electron chi connectivity index (χ2n) is 13.9. The monoisotopic (exact) mass is 474 g/mol. The third-order valence-corrected chi connectivity index (χ3v) is 13.0. The highest BCUT2D eigenvalue weighted by Crippen LogP contribution is 2.75. The second kappa shape index (κ2) is 7.55. The Balaban J connectivity index is 1.62. The first-order valence-electron chi connectivity index (χ1n) is 13.7. The fraction of sp³-hybridized carbons (Fsp3) is 0.897. The molecule has 34 heavy (non-hydrogen) atoms. The molecular weight excluding hydrogens is 428 g/mol. The molecular formula is C29H46O5. The van der Waals surface area contributed by atoms with E-state index in [1.807, 2.05) is 6.92 Å². The van der Waals surface area contributed by atoms with Gasteiger partial charge in [0.05, 0.1) is 17.1 Å². The van der Waals surface area contributed by atoms with Gasteiger partial charge < -0.3 is 20.4 Å². The molecule has 5 aliphatic rings. The summed E-state index contributed by atoms with van der Waals surface area (Å²) in [6.07, 6.45) is 9.47. The van der Waals surface area contributed by atoms with Gasteiger partial charge in [0, 0.05) is 18.4 Å². The minimum absolute atomic E-state index is 0.00601. The quantitative estimate of drug-likeness (QED) is 0.432. The van der Waals surface area contributed by atoms with E-state index in [0.29, 0.717) is 24.7 Å². The van der Waals surface area contributed by atoms with E-state index < -0.39 is 23.1 Å². The molecule has 0 amide bonds. The van der Waals surface area contributed by atoms with Crippen LogP contribution in [0.1, 0.15) is 92.4 Å². The van der Waals surface area contributed by atoms with Crippen LogP contribution in [-0.2, 0) is 4.79 Å². The Labute approximate surface area is 205 Å². The molecule has 4 N–H and O–H groups in total. The average Bonchev–Trinajstić information content (AvgIpc) is 2.77. The number of carbonyl (C=O) groups is 1. The molecule has 0 aromatic heterocycles. The Bertz CT molecular complexity index is 895. The first-order valence-corrected chi connectivity index (χ1v) is 13.7. The van der Waals surface area contributed by atoms with Crippen LogP contribution >= 0.6 is 0 Å². The second-order valence-corrected chi connectivity index (χ2v) is 13.9. The Morgan fingerprint density at radius 1 is 1.03 bits per heavy atom. The van der Waals surface area contributed by atoms with E-state index in [0.717, 1.165) is 44.9 Å². The number of carboxylic acids is 1. The molecule has 0 spiro atoms. The van der Waals surface area contributed by atoms with Crippen molar-refractivity contribution >= 4 is 5.97 Å². The summed E-state index contributed by atoms with van der Waals surface area (Å²) in [5, 5.41) is 43.2. The summed E-state index contributed by atoms with van der Waals surface area (Å²) in [5.74, 6) is -0.316. The van der Waals surface area contributed by atoms with Gasteiger partial charge in [0.2, 0.25) is 0 Å². The molecule has 0 radical (unpaired) electrons. The maximum Gasteiger partial charge on any atom is 0.310 e. The van der Waals surface area contributed by atoms with Crippen molar-refractivity contribution in [3.05, 3.63) is 11.6 Å². The van der Waals surface area contributed by atoms with Gasteiger partial charge in [-0.05, 0) is 98.7 Å². The first kappa shape index (κ1) is 24.8. The molecule has 11 atom stereocenters. The highest BCUT2D eigenvalue weighted by molar-refractivity contribution is 5.77. The standard InChI is InChI=1S/C29H46O5/c1-17-8-13-29(24(32)33)15-14-26(3)20(23(29)28(17,5)34)6-7-22-25(2)11-10-21(31)18(16-30)19(25)9-12-27(22,26)4/h6,17-19,21-23,30-31,34H,7-16H2,1-5H3,(H,32,33)/t17-,18-,19+,21+,22-,23-,25+,26-,27-,28-,29+/m1/s1. The maximum atomic E-state index is 12.8. The molecule has 0 aromatic carbocycles. The van der Waals surface area contributed by atoms with E-state index in [-0.39, 0.29) is 40.6 Å². The predicted octanol–water partition coefficient (Wildman–Crippen LogP) is 4.79. The lowest BCUT2D eigenvalue weighted by atomic mass is 9.34. The maximum absolute atomic E-state index is 12.8. The molecule has 5 heteroatoms. The molecule has 0 bridgehead atoms. The predicted molar refractivity (Wildman–Crippen MR) is 131 cm³/mol. The number of aliphatic hydroxyl groups is 3. The zero-order valence-corrected chi connectivity index (χ0v) is 21.8. The van der Waals surface area contributed by atoms with Crippen LogP contribution in [0.25, 0.3) is 0 Å². The number of aliphatic carboxylic acids is 1. The minimum atomic E-state index is -1.04. The SMILES string of the molecule is C[C@@H]1CC[C@]2(C(=O)O)CC[C@]3(C)C(=CC[C@@H]4[C@@]5(C)CC[C@H](O)[C@H](CO)[C@@H]5CC[C@]43C)[C@@H]2[C@]1(C)O. The van der Waals surface area contributed by atoms with Gasteiger partial charge in [-0.3, -0.25) is 4.79 Å². The molecule has 0 heterocycles. The Kier molecular flexibility index (Phi) is 5.50. The van der Waals surface area contributed by atoms with Crippen LogP contribution in [0.15, 0.2) is 11.6 Å². The van der Waals surface area contributed by atoms with Crippen LogP contribution in [0.4, 0.5) is 0 Å². The van der Waals surface area contributed by atoms with Gasteiger partial charge in [-0.1, -0.05) is 39.3 Å². The molecule has 5 nitrogen and oxygen atoms in total. The van der Waals surface area contributed by atoms with Crippen LogP contribution < -0.4 is 0 Å². The highest BCUT2D eigenvalue weighted by Gasteiger charge is 2.70. The van der Waals surface area contributed by atoms with Gasteiger partial charge in [-0.25, -0.2) is 0 Å². The van der Waals surface area contributed by atoms with Gasteiger partial charge in [0.1, 0.15) is 0 Å². The van der Waals surface area contributed by atoms with E-state index in [1.165, 1.54) is 5.57 Å². The lowest BCUT2D eigenvalue weighted by Gasteiger charge is -2.70. The van der Waals surface area contributed by atoms with E-state index in [9.17, 15) is 25.2 Å². The number of allylic oxidation sites excluding steroid dienone is 1. The smallest absolute Gasteiger partial charge is 0.310 e. The van der Waals surface area contributed by atoms with Crippen molar-refractivity contribution in [3.8, 4) is 0 Å². The van der Waals surface area contributed by atoms with Crippen molar-refractivity contribution < 1.29 is 25.2 Å². The largest absolute Gasteiger partial charge is 0.481 e. The molecule has 4 saturated carbocycles. The number of hydrogen-bond acceptors (Lipinski definition) is 4. The van der Waals surface area contributed by atoms with E-state index in [4.69, 9.17) is 0 Å². The topological polar surface area (TPSA) is 98.0 Å². The normalized spacial score (nSPS) is 56.9. The number of rotatable bonds is 2. The fourth-order valence-corrected chi connectivity index (χ4v) is 10.5. The molecule has 4 fully saturated rings. The zero-order chi connectivity index (χ0) is 24.9. The highest BCUT2D eigenvalue weighted by atomic mass is 16.4. The number of hydrogen-bond donors (Lipinski definition) is 4. The lowest BCUT2D eigenvalue weighted by Crippen LogP contribution is -2.67. The van der Waals surface area contributed by atoms with E-state index in [2.05, 4.69) is 33.8 Å². The van der Waals surface area contributed by atoms with Crippen molar-refractivity contribution in [2.75, 3.05) is 6.61 Å². The lowest BCUT2D eigenvalue weighted by molar-refractivity contribution is -0.209. The van der Waals surface area contributed by atoms with Crippen molar-refractivity contribution in [1.82, 2.24) is 0 Å². The summed E-state index contributed by atoms with van der Waals surface area (Å²) in [5.41, 5.74) is -0.790. The van der Waals surface area contributed by atoms with Crippen molar-refractivity contribution in [1.29, 1.82) is 0 Å². The molecule has 192 valence electrons. The number of fused-ring (bicyclic) bond motifs is 7. The van der Waals surface area contributed by atoms with Crippen molar-refractivity contribution in [2.24, 2.45) is 51.2 Å². The third kappa shape index (κ3) is 2.81. The first-order chi connectivity index (χ1) is 15.8. The minimum Gasteiger partial charge on any atom is -0.481 e. The van der Waals surface area contributed by atoms with Crippen LogP contribution in [0.2, 0.25) is 0 Å². The summed E-state index contributed by atoms with van der Waals surface area (Å²) < 4.78 is 0. The van der Waals surface area contributed by atoms with Gasteiger partial charge in [-0.15, -0.1) is 0 Å². The van der Waals surface area contributed by atoms with Crippen molar-refractivity contribution in [2.45, 2.75) is 104 Å². The Hall–Kier alpha value is -0.910. The van der Waals surface area contributed by atoms with Gasteiger partial charge in [-0.2, -0.15) is 0 Å². The summed E-state index contributed by atoms with van der Waals surface area (Å²) in [4.78, 5) is 12.8. The number of aliphatic hydroxyl groups excluding tert-OH is 2. The molecule has 0 saturated heterocycles. The molecule has 0 unspecified atom stereocenters. The van der Waals surface area contributed by atoms with Gasteiger partial charge >= 0.3 is 5.97 Å². The van der Waals surface area contributed by atoms with E-state index in [1.54, 1.807) is 0 Å². The molecule has 0 aromatic rings. The summed E-state index contributed by atoms with van der Waals surface area (Å²) in [6.45, 7) is 11.2.